The minimum absolute atomic E-state index is 0.00542. The van der Waals surface area contributed by atoms with E-state index in [0.29, 0.717) is 19.1 Å². The maximum Gasteiger partial charge on any atom is 0.315 e. The monoisotopic (exact) mass is 583 g/mol. The molecule has 0 unspecified atom stereocenters. The largest absolute Gasteiger partial charge is 0.392 e. The number of amides is 2. The van der Waals surface area contributed by atoms with E-state index < -0.39 is 6.29 Å². The number of carbonyl (C=O) groups is 1. The van der Waals surface area contributed by atoms with Gasteiger partial charge in [-0.3, -0.25) is 4.90 Å². The van der Waals surface area contributed by atoms with E-state index in [4.69, 9.17) is 9.47 Å². The third-order valence-electron chi connectivity index (χ3n) is 8.47. The number of urea groups is 1. The first-order chi connectivity index (χ1) is 21.1. The van der Waals surface area contributed by atoms with Gasteiger partial charge in [0.05, 0.1) is 18.8 Å². The number of aliphatic hydroxyl groups excluding tert-OH is 1. The Morgan fingerprint density at radius 3 is 2.42 bits per heavy atom. The molecular formula is C36H45N3O4. The number of carbonyl (C=O) groups excluding carboxylic acids is 1. The summed E-state index contributed by atoms with van der Waals surface area (Å²) in [5.74, 6) is 0. The number of nitrogens with one attached hydrogen (secondary N) is 2. The molecule has 1 saturated heterocycles. The second-order valence-corrected chi connectivity index (χ2v) is 11.6. The summed E-state index contributed by atoms with van der Waals surface area (Å²) in [5.41, 5.74) is 6.11. The molecule has 7 heteroatoms. The topological polar surface area (TPSA) is 83.1 Å². The lowest BCUT2D eigenvalue weighted by atomic mass is 9.98. The molecule has 5 rings (SSSR count). The molecule has 228 valence electrons. The highest BCUT2D eigenvalue weighted by atomic mass is 16.7. The summed E-state index contributed by atoms with van der Waals surface area (Å²) in [6.45, 7) is 8.68. The summed E-state index contributed by atoms with van der Waals surface area (Å²) in [5, 5.41) is 15.2. The highest BCUT2D eigenvalue weighted by molar-refractivity contribution is 5.74. The number of rotatable bonds is 12. The Morgan fingerprint density at radius 2 is 1.70 bits per heavy atom. The second kappa shape index (κ2) is 15.3. The molecule has 1 saturated carbocycles. The van der Waals surface area contributed by atoms with Gasteiger partial charge in [-0.05, 0) is 59.7 Å². The fraction of sp³-hybridized carbons (Fsp3) is 0.417. The Bertz CT molecular complexity index is 1340. The first-order valence-electron chi connectivity index (χ1n) is 15.6. The molecule has 3 N–H and O–H groups in total. The molecule has 2 aliphatic rings. The third-order valence-corrected chi connectivity index (χ3v) is 8.47. The van der Waals surface area contributed by atoms with E-state index in [1.807, 2.05) is 43.3 Å². The van der Waals surface area contributed by atoms with Gasteiger partial charge in [-0.2, -0.15) is 0 Å². The molecule has 7 nitrogen and oxygen atoms in total. The molecule has 2 fully saturated rings. The van der Waals surface area contributed by atoms with Crippen LogP contribution in [0.1, 0.15) is 73.7 Å². The SMILES string of the molecule is C=CCN(C[C@H]1C[C@@H](c2ccc(CO)cc2)O[C@@H](c2cccc(-c3cccc(CNC(=O)NCC)c3)c2)O1)C1CCCC1. The first-order valence-corrected chi connectivity index (χ1v) is 15.6. The molecule has 2 amide bonds. The van der Waals surface area contributed by atoms with Gasteiger partial charge in [0.2, 0.25) is 0 Å². The number of hydrogen-bond acceptors (Lipinski definition) is 5. The van der Waals surface area contributed by atoms with Crippen molar-refractivity contribution in [2.75, 3.05) is 19.6 Å². The molecule has 1 aliphatic carbocycles. The Hall–Kier alpha value is -3.49. The Labute approximate surface area is 255 Å². The van der Waals surface area contributed by atoms with Gasteiger partial charge in [0.15, 0.2) is 6.29 Å². The fourth-order valence-corrected chi connectivity index (χ4v) is 6.23. The molecule has 0 bridgehead atoms. The van der Waals surface area contributed by atoms with Crippen LogP contribution >= 0.6 is 0 Å². The Kier molecular flexibility index (Phi) is 11.0. The van der Waals surface area contributed by atoms with Gasteiger partial charge < -0.3 is 25.2 Å². The van der Waals surface area contributed by atoms with Gasteiger partial charge in [-0.1, -0.05) is 79.6 Å². The number of benzene rings is 3. The number of hydrogen-bond donors (Lipinski definition) is 3. The Balaban J connectivity index is 1.37. The standard InChI is InChI=1S/C36H45N3O4/c1-3-19-39(32-13-5-6-14-32)24-33-22-34(28-17-15-26(25-40)16-18-28)43-35(42-33)31-12-8-11-30(21-31)29-10-7-9-27(20-29)23-38-36(41)37-4-2/h3,7-12,15-18,20-21,32-35,40H,1,4-6,13-14,19,22-25H2,2H3,(H2,37,38,41)/t33-,34+,35+/m1/s1. The van der Waals surface area contributed by atoms with E-state index in [0.717, 1.165) is 52.9 Å². The van der Waals surface area contributed by atoms with Crippen LogP contribution in [0.2, 0.25) is 0 Å². The molecule has 3 aromatic carbocycles. The highest BCUT2D eigenvalue weighted by Gasteiger charge is 2.34. The lowest BCUT2D eigenvalue weighted by Gasteiger charge is -2.39. The molecule has 43 heavy (non-hydrogen) atoms. The summed E-state index contributed by atoms with van der Waals surface area (Å²) >= 11 is 0. The zero-order valence-corrected chi connectivity index (χ0v) is 25.2. The molecule has 0 aromatic heterocycles. The van der Waals surface area contributed by atoms with Crippen molar-refractivity contribution < 1.29 is 19.4 Å². The van der Waals surface area contributed by atoms with Gasteiger partial charge in [0.25, 0.3) is 0 Å². The van der Waals surface area contributed by atoms with Crippen molar-refractivity contribution >= 4 is 6.03 Å². The van der Waals surface area contributed by atoms with Gasteiger partial charge in [0, 0.05) is 44.2 Å². The highest BCUT2D eigenvalue weighted by Crippen LogP contribution is 2.39. The van der Waals surface area contributed by atoms with Crippen LogP contribution in [0.4, 0.5) is 4.79 Å². The molecule has 3 atom stereocenters. The zero-order valence-electron chi connectivity index (χ0n) is 25.2. The zero-order chi connectivity index (χ0) is 30.0. The predicted molar refractivity (Wildman–Crippen MR) is 170 cm³/mol. The first kappa shape index (κ1) is 31.0. The summed E-state index contributed by atoms with van der Waals surface area (Å²) < 4.78 is 13.4. The molecule has 3 aromatic rings. The van der Waals surface area contributed by atoms with Crippen molar-refractivity contribution in [3.63, 3.8) is 0 Å². The number of nitrogens with zero attached hydrogens (tertiary/aromatic N) is 1. The van der Waals surface area contributed by atoms with Crippen molar-refractivity contribution in [1.82, 2.24) is 15.5 Å². The van der Waals surface area contributed by atoms with Gasteiger partial charge >= 0.3 is 6.03 Å². The summed E-state index contributed by atoms with van der Waals surface area (Å²) in [6.07, 6.45) is 7.14. The van der Waals surface area contributed by atoms with Crippen molar-refractivity contribution in [3.05, 3.63) is 108 Å². The summed E-state index contributed by atoms with van der Waals surface area (Å²) in [6, 6.07) is 25.0. The van der Waals surface area contributed by atoms with Crippen molar-refractivity contribution in [2.24, 2.45) is 0 Å². The van der Waals surface area contributed by atoms with Crippen LogP contribution in [0.5, 0.6) is 0 Å². The maximum atomic E-state index is 11.9. The van der Waals surface area contributed by atoms with Crippen molar-refractivity contribution in [3.8, 4) is 11.1 Å². The summed E-state index contributed by atoms with van der Waals surface area (Å²) in [7, 11) is 0. The number of ether oxygens (including phenoxy) is 2. The third kappa shape index (κ3) is 8.33. The Morgan fingerprint density at radius 1 is 0.953 bits per heavy atom. The minimum Gasteiger partial charge on any atom is -0.392 e. The molecule has 1 heterocycles. The van der Waals surface area contributed by atoms with E-state index in [1.54, 1.807) is 0 Å². The van der Waals surface area contributed by atoms with Crippen LogP contribution in [0.15, 0.2) is 85.5 Å². The second-order valence-electron chi connectivity index (χ2n) is 11.6. The molecule has 0 spiro atoms. The van der Waals surface area contributed by atoms with Crippen molar-refractivity contribution in [1.29, 1.82) is 0 Å². The molecule has 0 radical (unpaired) electrons. The van der Waals surface area contributed by atoms with E-state index in [-0.39, 0.29) is 24.8 Å². The average molecular weight is 584 g/mol. The van der Waals surface area contributed by atoms with E-state index in [9.17, 15) is 9.90 Å². The average Bonchev–Trinajstić information content (AvgIpc) is 3.59. The molecular weight excluding hydrogens is 538 g/mol. The van der Waals surface area contributed by atoms with Gasteiger partial charge in [0.1, 0.15) is 0 Å². The number of aliphatic hydroxyl groups is 1. The van der Waals surface area contributed by atoms with Crippen LogP contribution in [-0.2, 0) is 22.6 Å². The van der Waals surface area contributed by atoms with E-state index in [2.05, 4.69) is 64.6 Å². The fourth-order valence-electron chi connectivity index (χ4n) is 6.23. The van der Waals surface area contributed by atoms with E-state index in [1.165, 1.54) is 25.7 Å². The smallest absolute Gasteiger partial charge is 0.315 e. The van der Waals surface area contributed by atoms with Gasteiger partial charge in [-0.25, -0.2) is 4.79 Å². The minimum atomic E-state index is -0.516. The molecule has 1 aliphatic heterocycles. The van der Waals surface area contributed by atoms with Gasteiger partial charge in [-0.15, -0.1) is 6.58 Å². The maximum absolute atomic E-state index is 11.9. The van der Waals surface area contributed by atoms with Crippen molar-refractivity contribution in [2.45, 2.75) is 76.7 Å². The van der Waals surface area contributed by atoms with Crippen LogP contribution < -0.4 is 10.6 Å². The lowest BCUT2D eigenvalue weighted by molar-refractivity contribution is -0.253. The normalized spacial score (nSPS) is 20.7. The van der Waals surface area contributed by atoms with Crippen LogP contribution in [0, 0.1) is 0 Å². The predicted octanol–water partition coefficient (Wildman–Crippen LogP) is 6.64. The van der Waals surface area contributed by atoms with Crippen LogP contribution in [-0.4, -0.2) is 47.8 Å². The van der Waals surface area contributed by atoms with Crippen LogP contribution in [0.3, 0.4) is 0 Å². The quantitative estimate of drug-likeness (QED) is 0.208. The summed E-state index contributed by atoms with van der Waals surface area (Å²) in [4.78, 5) is 14.4. The van der Waals surface area contributed by atoms with Crippen LogP contribution in [0.25, 0.3) is 11.1 Å². The lowest BCUT2D eigenvalue weighted by Crippen LogP contribution is -2.43. The van der Waals surface area contributed by atoms with E-state index >= 15 is 0 Å².